The van der Waals surface area contributed by atoms with Gasteiger partial charge in [-0.15, -0.1) is 0 Å². The van der Waals surface area contributed by atoms with Crippen LogP contribution in [0.2, 0.25) is 0 Å². The topological polar surface area (TPSA) is 64.0 Å². The van der Waals surface area contributed by atoms with Gasteiger partial charge in [0.05, 0.1) is 21.1 Å². The molecule has 3 aromatic rings. The Morgan fingerprint density at radius 1 is 1.33 bits per heavy atom. The summed E-state index contributed by atoms with van der Waals surface area (Å²) in [5, 5.41) is 1.17. The van der Waals surface area contributed by atoms with Gasteiger partial charge in [-0.05, 0) is 61.0 Å². The van der Waals surface area contributed by atoms with Crippen molar-refractivity contribution in [2.24, 2.45) is 0 Å². The van der Waals surface area contributed by atoms with E-state index >= 15 is 0 Å². The molecule has 1 fully saturated rings. The highest BCUT2D eigenvalue weighted by Crippen LogP contribution is 2.38. The molecule has 0 spiro atoms. The molecule has 2 aliphatic rings. The van der Waals surface area contributed by atoms with Gasteiger partial charge >= 0.3 is 0 Å². The van der Waals surface area contributed by atoms with E-state index in [1.165, 1.54) is 11.3 Å². The fraction of sp³-hybridized carbons (Fsp3) is 0.292. The third-order valence-electron chi connectivity index (χ3n) is 5.92. The molecule has 0 radical (unpaired) electrons. The van der Waals surface area contributed by atoms with Gasteiger partial charge in [0, 0.05) is 40.0 Å². The molecule has 3 heterocycles. The van der Waals surface area contributed by atoms with Crippen LogP contribution in [0.15, 0.2) is 42.6 Å². The lowest BCUT2D eigenvalue weighted by molar-refractivity contribution is 0.0982. The number of hydrogen-bond donors (Lipinski definition) is 1. The Morgan fingerprint density at radius 2 is 2.17 bits per heavy atom. The van der Waals surface area contributed by atoms with E-state index in [4.69, 9.17) is 0 Å². The van der Waals surface area contributed by atoms with Gasteiger partial charge in [-0.1, -0.05) is 25.5 Å². The number of amides is 1. The molecule has 30 heavy (non-hydrogen) atoms. The summed E-state index contributed by atoms with van der Waals surface area (Å²) in [6.07, 6.45) is 9.71. The zero-order chi connectivity index (χ0) is 20.9. The molecule has 1 aromatic carbocycles. The lowest BCUT2D eigenvalue weighted by Gasteiger charge is -2.11. The predicted molar refractivity (Wildman–Crippen MR) is 124 cm³/mol. The normalized spacial score (nSPS) is 17.1. The Labute approximate surface area is 177 Å². The highest BCUT2D eigenvalue weighted by atomic mass is 32.2. The quantitative estimate of drug-likeness (QED) is 0.630. The lowest BCUT2D eigenvalue weighted by Crippen LogP contribution is -2.33. The molecule has 1 atom stereocenters. The van der Waals surface area contributed by atoms with Gasteiger partial charge in [0.2, 0.25) is 0 Å². The highest BCUT2D eigenvalue weighted by Gasteiger charge is 2.32. The Hall–Kier alpha value is -2.86. The summed E-state index contributed by atoms with van der Waals surface area (Å²) in [5.74, 6) is 3.45. The molecule has 154 valence electrons. The van der Waals surface area contributed by atoms with E-state index in [1.807, 2.05) is 30.5 Å². The maximum absolute atomic E-state index is 12.8. The second-order valence-corrected chi connectivity index (χ2v) is 10.4. The van der Waals surface area contributed by atoms with Crippen LogP contribution in [0.3, 0.4) is 0 Å². The standard InChI is InChI=1S/C24H25N3O2S/c1-3-6-19-18-12-9-16(24(28)26-30(2,29)17-10-11-17)15-22(18)27-14-5-8-21-20(23(19)27)7-4-13-25-21/h4-5,7-9,12-13,15,17H,2-3,6,10-11,14H2,1H3,(H,26,28,29). The molecule has 1 aliphatic heterocycles. The van der Waals surface area contributed by atoms with E-state index in [9.17, 15) is 9.00 Å². The fourth-order valence-corrected chi connectivity index (χ4v) is 5.83. The fourth-order valence-electron chi connectivity index (χ4n) is 4.33. The zero-order valence-corrected chi connectivity index (χ0v) is 17.9. The largest absolute Gasteiger partial charge is 0.336 e. The van der Waals surface area contributed by atoms with Crippen molar-refractivity contribution >= 4 is 38.5 Å². The van der Waals surface area contributed by atoms with Gasteiger partial charge < -0.3 is 4.57 Å². The molecule has 1 aliphatic carbocycles. The van der Waals surface area contributed by atoms with Gasteiger partial charge in [0.1, 0.15) is 0 Å². The van der Waals surface area contributed by atoms with E-state index in [0.717, 1.165) is 47.8 Å². The number of pyridine rings is 1. The summed E-state index contributed by atoms with van der Waals surface area (Å²) in [4.78, 5) is 17.4. The molecule has 0 saturated heterocycles. The number of carbonyl (C=O) groups is 1. The van der Waals surface area contributed by atoms with Crippen LogP contribution in [-0.4, -0.2) is 30.8 Å². The second kappa shape index (κ2) is 7.13. The van der Waals surface area contributed by atoms with Crippen LogP contribution in [0.4, 0.5) is 0 Å². The number of nitrogens with one attached hydrogen (secondary N) is 1. The van der Waals surface area contributed by atoms with Gasteiger partial charge in [0.25, 0.3) is 5.91 Å². The average molecular weight is 420 g/mol. The first-order valence-electron chi connectivity index (χ1n) is 10.4. The van der Waals surface area contributed by atoms with Gasteiger partial charge in [-0.2, -0.15) is 0 Å². The van der Waals surface area contributed by atoms with E-state index in [2.05, 4.69) is 45.3 Å². The van der Waals surface area contributed by atoms with Crippen molar-refractivity contribution in [2.45, 2.75) is 44.4 Å². The smallest absolute Gasteiger partial charge is 0.262 e. The molecule has 6 heteroatoms. The summed E-state index contributed by atoms with van der Waals surface area (Å²) in [6, 6.07) is 9.86. The van der Waals surface area contributed by atoms with Crippen molar-refractivity contribution in [1.29, 1.82) is 0 Å². The highest BCUT2D eigenvalue weighted by molar-refractivity contribution is 7.99. The van der Waals surface area contributed by atoms with Gasteiger partial charge in [-0.25, -0.2) is 4.21 Å². The summed E-state index contributed by atoms with van der Waals surface area (Å²) in [5.41, 5.74) is 6.08. The third-order valence-corrected chi connectivity index (χ3v) is 8.00. The monoisotopic (exact) mass is 419 g/mol. The third kappa shape index (κ3) is 3.16. The van der Waals surface area contributed by atoms with Crippen molar-refractivity contribution in [3.8, 4) is 11.3 Å². The van der Waals surface area contributed by atoms with Gasteiger partial charge in [-0.3, -0.25) is 14.5 Å². The van der Waals surface area contributed by atoms with E-state index in [0.29, 0.717) is 12.1 Å². The molecular formula is C24H25N3O2S. The minimum absolute atomic E-state index is 0.0139. The molecule has 1 unspecified atom stereocenters. The Bertz CT molecular complexity index is 1300. The number of allylic oxidation sites excluding steroid dienone is 1. The van der Waals surface area contributed by atoms with Crippen molar-refractivity contribution in [3.63, 3.8) is 0 Å². The lowest BCUT2D eigenvalue weighted by atomic mass is 10.00. The average Bonchev–Trinajstić information content (AvgIpc) is 3.56. The van der Waals surface area contributed by atoms with Crippen LogP contribution in [-0.2, 0) is 22.7 Å². The number of rotatable bonds is 5. The number of benzene rings is 1. The molecule has 0 bridgehead atoms. The number of nitrogens with zero attached hydrogens (tertiary/aromatic N) is 2. The SMILES string of the molecule is C=S(=O)(NC(=O)c1ccc2c(CCC)c3n(c2c1)CC=Cc1ncccc1-3)C1CC1. The first-order chi connectivity index (χ1) is 14.5. The first kappa shape index (κ1) is 19.1. The Morgan fingerprint density at radius 3 is 2.93 bits per heavy atom. The molecule has 1 saturated carbocycles. The first-order valence-corrected chi connectivity index (χ1v) is 12.2. The summed E-state index contributed by atoms with van der Waals surface area (Å²) >= 11 is 0. The minimum atomic E-state index is -2.58. The number of aryl methyl sites for hydroxylation is 1. The minimum Gasteiger partial charge on any atom is -0.336 e. The predicted octanol–water partition coefficient (Wildman–Crippen LogP) is 4.21. The Kier molecular flexibility index (Phi) is 4.54. The van der Waals surface area contributed by atoms with E-state index in [-0.39, 0.29) is 11.2 Å². The van der Waals surface area contributed by atoms with Crippen LogP contribution in [0.1, 0.15) is 47.8 Å². The summed E-state index contributed by atoms with van der Waals surface area (Å²) in [6.45, 7) is 2.89. The van der Waals surface area contributed by atoms with Crippen LogP contribution >= 0.6 is 0 Å². The van der Waals surface area contributed by atoms with Crippen molar-refractivity contribution in [1.82, 2.24) is 14.3 Å². The van der Waals surface area contributed by atoms with E-state index in [1.54, 1.807) is 0 Å². The molecule has 2 aromatic heterocycles. The van der Waals surface area contributed by atoms with Crippen molar-refractivity contribution in [3.05, 3.63) is 59.4 Å². The maximum Gasteiger partial charge on any atom is 0.262 e. The summed E-state index contributed by atoms with van der Waals surface area (Å²) in [7, 11) is -2.58. The molecule has 5 nitrogen and oxygen atoms in total. The Balaban J connectivity index is 1.66. The summed E-state index contributed by atoms with van der Waals surface area (Å²) < 4.78 is 17.6. The van der Waals surface area contributed by atoms with Crippen LogP contribution in [0.5, 0.6) is 0 Å². The zero-order valence-electron chi connectivity index (χ0n) is 17.1. The maximum atomic E-state index is 12.8. The molecular weight excluding hydrogens is 394 g/mol. The van der Waals surface area contributed by atoms with Crippen LogP contribution < -0.4 is 4.72 Å². The van der Waals surface area contributed by atoms with E-state index < -0.39 is 9.71 Å². The molecule has 1 N–H and O–H groups in total. The van der Waals surface area contributed by atoms with Crippen molar-refractivity contribution in [2.75, 3.05) is 0 Å². The van der Waals surface area contributed by atoms with Crippen LogP contribution in [0.25, 0.3) is 28.2 Å². The second-order valence-electron chi connectivity index (χ2n) is 8.12. The number of carbonyl (C=O) groups excluding carboxylic acids is 1. The number of fused-ring (bicyclic) bond motifs is 5. The van der Waals surface area contributed by atoms with Crippen molar-refractivity contribution < 1.29 is 9.00 Å². The number of aromatic nitrogens is 2. The van der Waals surface area contributed by atoms with Crippen LogP contribution in [0, 0.1) is 0 Å². The number of hydrogen-bond acceptors (Lipinski definition) is 3. The molecule has 5 rings (SSSR count). The molecule has 1 amide bonds. The van der Waals surface area contributed by atoms with Gasteiger partial charge in [0.15, 0.2) is 0 Å².